The third-order valence-electron chi connectivity index (χ3n) is 2.61. The Bertz CT molecular complexity index is 408. The Labute approximate surface area is 86.3 Å². The van der Waals surface area contributed by atoms with Crippen LogP contribution in [0.25, 0.3) is 0 Å². The Hall–Kier alpha value is -1.65. The van der Waals surface area contributed by atoms with Crippen LogP contribution in [-0.2, 0) is 0 Å². The summed E-state index contributed by atoms with van der Waals surface area (Å²) >= 11 is 0. The minimum absolute atomic E-state index is 0.0736. The molecule has 4 nitrogen and oxygen atoms in total. The van der Waals surface area contributed by atoms with E-state index < -0.39 is 10.7 Å². The quantitative estimate of drug-likeness (QED) is 0.616. The van der Waals surface area contributed by atoms with Gasteiger partial charge in [-0.3, -0.25) is 10.1 Å². The summed E-state index contributed by atoms with van der Waals surface area (Å²) in [5, 5.41) is 13.6. The molecular weight excluding hydrogens is 199 g/mol. The minimum atomic E-state index is -0.505. The maximum absolute atomic E-state index is 12.9. The summed E-state index contributed by atoms with van der Waals surface area (Å²) in [6, 6.07) is 3.69. The molecule has 1 aliphatic rings. The van der Waals surface area contributed by atoms with Crippen LogP contribution in [0, 0.1) is 21.8 Å². The molecule has 1 saturated carbocycles. The molecule has 0 amide bonds. The molecule has 1 aromatic carbocycles. The molecule has 1 N–H and O–H groups in total. The molecule has 0 radical (unpaired) electrons. The van der Waals surface area contributed by atoms with Crippen molar-refractivity contribution in [1.29, 1.82) is 0 Å². The first kappa shape index (κ1) is 9.89. The zero-order valence-electron chi connectivity index (χ0n) is 8.24. The molecule has 1 aliphatic carbocycles. The van der Waals surface area contributed by atoms with Gasteiger partial charge in [-0.25, -0.2) is 4.39 Å². The van der Waals surface area contributed by atoms with Crippen molar-refractivity contribution in [3.63, 3.8) is 0 Å². The van der Waals surface area contributed by atoms with E-state index in [2.05, 4.69) is 5.32 Å². The zero-order chi connectivity index (χ0) is 11.0. The molecule has 0 saturated heterocycles. The van der Waals surface area contributed by atoms with E-state index in [1.54, 1.807) is 0 Å². The Morgan fingerprint density at radius 2 is 2.27 bits per heavy atom. The molecule has 0 spiro atoms. The maximum atomic E-state index is 12.9. The van der Waals surface area contributed by atoms with Crippen molar-refractivity contribution in [2.45, 2.75) is 19.4 Å². The highest BCUT2D eigenvalue weighted by Crippen LogP contribution is 2.35. The summed E-state index contributed by atoms with van der Waals surface area (Å²) in [6.45, 7) is 2.04. The smallest absolute Gasteiger partial charge is 0.292 e. The van der Waals surface area contributed by atoms with Gasteiger partial charge in [0, 0.05) is 18.2 Å². The van der Waals surface area contributed by atoms with E-state index in [0.29, 0.717) is 5.92 Å². The summed E-state index contributed by atoms with van der Waals surface area (Å²) in [6.07, 6.45) is 0.980. The third kappa shape index (κ3) is 2.06. The second-order valence-electron chi connectivity index (χ2n) is 3.88. The molecule has 0 heterocycles. The van der Waals surface area contributed by atoms with E-state index in [4.69, 9.17) is 0 Å². The van der Waals surface area contributed by atoms with Crippen LogP contribution in [-0.4, -0.2) is 11.0 Å². The van der Waals surface area contributed by atoms with Crippen molar-refractivity contribution in [2.24, 2.45) is 5.92 Å². The van der Waals surface area contributed by atoms with E-state index in [-0.39, 0.29) is 17.4 Å². The van der Waals surface area contributed by atoms with Gasteiger partial charge in [-0.15, -0.1) is 0 Å². The molecule has 1 aromatic rings. The van der Waals surface area contributed by atoms with E-state index in [1.165, 1.54) is 12.1 Å². The highest BCUT2D eigenvalue weighted by atomic mass is 19.1. The van der Waals surface area contributed by atoms with Crippen LogP contribution in [0.2, 0.25) is 0 Å². The highest BCUT2D eigenvalue weighted by molar-refractivity contribution is 5.62. The molecule has 5 heteroatoms. The predicted octanol–water partition coefficient (Wildman–Crippen LogP) is 2.55. The summed E-state index contributed by atoms with van der Waals surface area (Å²) in [5.74, 6) is 0.0456. The first-order chi connectivity index (χ1) is 7.08. The fraction of sp³-hybridized carbons (Fsp3) is 0.400. The average molecular weight is 210 g/mol. The molecule has 1 fully saturated rings. The number of nitrogens with one attached hydrogen (secondary N) is 1. The number of nitro benzene ring substituents is 1. The summed E-state index contributed by atoms with van der Waals surface area (Å²) < 4.78 is 12.9. The van der Waals surface area contributed by atoms with Crippen molar-refractivity contribution < 1.29 is 9.31 Å². The molecule has 0 aliphatic heterocycles. The molecule has 2 rings (SSSR count). The Morgan fingerprint density at radius 3 is 2.80 bits per heavy atom. The van der Waals surface area contributed by atoms with Gasteiger partial charge in [-0.1, -0.05) is 6.92 Å². The topological polar surface area (TPSA) is 55.2 Å². The van der Waals surface area contributed by atoms with E-state index >= 15 is 0 Å². The Balaban J connectivity index is 2.26. The van der Waals surface area contributed by atoms with Crippen LogP contribution in [0.4, 0.5) is 15.8 Å². The van der Waals surface area contributed by atoms with E-state index in [0.717, 1.165) is 12.5 Å². The molecule has 0 bridgehead atoms. The van der Waals surface area contributed by atoms with Crippen LogP contribution in [0.15, 0.2) is 18.2 Å². The van der Waals surface area contributed by atoms with Gasteiger partial charge in [-0.2, -0.15) is 0 Å². The number of hydrogen-bond acceptors (Lipinski definition) is 3. The van der Waals surface area contributed by atoms with Gasteiger partial charge in [0.25, 0.3) is 5.69 Å². The number of nitro groups is 1. The molecule has 80 valence electrons. The highest BCUT2D eigenvalue weighted by Gasteiger charge is 2.33. The lowest BCUT2D eigenvalue weighted by atomic mass is 10.2. The van der Waals surface area contributed by atoms with Crippen LogP contribution in [0.3, 0.4) is 0 Å². The van der Waals surface area contributed by atoms with E-state index in [1.807, 2.05) is 6.92 Å². The average Bonchev–Trinajstić information content (AvgIpc) is 2.81. The molecule has 15 heavy (non-hydrogen) atoms. The summed E-state index contributed by atoms with van der Waals surface area (Å²) in [7, 11) is 0. The van der Waals surface area contributed by atoms with Gasteiger partial charge >= 0.3 is 0 Å². The third-order valence-corrected chi connectivity index (χ3v) is 2.61. The van der Waals surface area contributed by atoms with Crippen molar-refractivity contribution in [2.75, 3.05) is 5.32 Å². The number of halogens is 1. The molecule has 2 unspecified atom stereocenters. The number of hydrogen-bond donors (Lipinski definition) is 1. The molecule has 2 atom stereocenters. The van der Waals surface area contributed by atoms with Crippen LogP contribution in [0.1, 0.15) is 13.3 Å². The zero-order valence-corrected chi connectivity index (χ0v) is 8.24. The van der Waals surface area contributed by atoms with E-state index in [9.17, 15) is 14.5 Å². The number of rotatable bonds is 3. The number of nitrogens with zero attached hydrogens (tertiary/aromatic N) is 1. The van der Waals surface area contributed by atoms with Gasteiger partial charge < -0.3 is 5.32 Å². The Morgan fingerprint density at radius 1 is 1.60 bits per heavy atom. The van der Waals surface area contributed by atoms with Crippen molar-refractivity contribution in [3.8, 4) is 0 Å². The first-order valence-corrected chi connectivity index (χ1v) is 4.78. The lowest BCUT2D eigenvalue weighted by molar-refractivity contribution is -0.384. The van der Waals surface area contributed by atoms with Crippen LogP contribution in [0.5, 0.6) is 0 Å². The Kier molecular flexibility index (Phi) is 2.30. The first-order valence-electron chi connectivity index (χ1n) is 4.78. The molecule has 0 aromatic heterocycles. The fourth-order valence-corrected chi connectivity index (χ4v) is 1.51. The lowest BCUT2D eigenvalue weighted by Gasteiger charge is -2.05. The van der Waals surface area contributed by atoms with Crippen LogP contribution < -0.4 is 5.32 Å². The second kappa shape index (κ2) is 3.49. The largest absolute Gasteiger partial charge is 0.376 e. The SMILES string of the molecule is CC1CC1Nc1cc(F)ccc1[N+](=O)[O-]. The second-order valence-corrected chi connectivity index (χ2v) is 3.88. The van der Waals surface area contributed by atoms with Crippen LogP contribution >= 0.6 is 0 Å². The van der Waals surface area contributed by atoms with Gasteiger partial charge in [0.15, 0.2) is 0 Å². The lowest BCUT2D eigenvalue weighted by Crippen LogP contribution is -2.06. The van der Waals surface area contributed by atoms with Crippen molar-refractivity contribution in [3.05, 3.63) is 34.1 Å². The van der Waals surface area contributed by atoms with Gasteiger partial charge in [-0.05, 0) is 18.4 Å². The minimum Gasteiger partial charge on any atom is -0.376 e. The van der Waals surface area contributed by atoms with Gasteiger partial charge in [0.05, 0.1) is 4.92 Å². The fourth-order valence-electron chi connectivity index (χ4n) is 1.51. The summed E-state index contributed by atoms with van der Waals surface area (Å²) in [4.78, 5) is 10.2. The molecular formula is C10H11FN2O2. The number of anilines is 1. The normalized spacial score (nSPS) is 23.6. The van der Waals surface area contributed by atoms with Gasteiger partial charge in [0.2, 0.25) is 0 Å². The summed E-state index contributed by atoms with van der Waals surface area (Å²) in [5.41, 5.74) is 0.199. The standard InChI is InChI=1S/C10H11FN2O2/c1-6-4-8(6)12-9-5-7(11)2-3-10(9)13(14)15/h2-3,5-6,8,12H,4H2,1H3. The predicted molar refractivity (Wildman–Crippen MR) is 54.2 cm³/mol. The maximum Gasteiger partial charge on any atom is 0.292 e. The van der Waals surface area contributed by atoms with Crippen molar-refractivity contribution >= 4 is 11.4 Å². The monoisotopic (exact) mass is 210 g/mol. The number of benzene rings is 1. The van der Waals surface area contributed by atoms with Gasteiger partial charge in [0.1, 0.15) is 11.5 Å². The van der Waals surface area contributed by atoms with Crippen molar-refractivity contribution in [1.82, 2.24) is 0 Å².